The van der Waals surface area contributed by atoms with Crippen molar-refractivity contribution in [1.82, 2.24) is 9.38 Å². The summed E-state index contributed by atoms with van der Waals surface area (Å²) in [7, 11) is 0.0124. The van der Waals surface area contributed by atoms with Gasteiger partial charge in [0.2, 0.25) is 0 Å². The third kappa shape index (κ3) is 1.69. The van der Waals surface area contributed by atoms with Crippen molar-refractivity contribution in [3.05, 3.63) is 24.2 Å². The second kappa shape index (κ2) is 3.56. The summed E-state index contributed by atoms with van der Waals surface area (Å²) in [5.74, 6) is 0.522. The van der Waals surface area contributed by atoms with Gasteiger partial charge in [-0.2, -0.15) is 0 Å². The number of ether oxygens (including phenoxy) is 1. The van der Waals surface area contributed by atoms with Crippen molar-refractivity contribution >= 4 is 18.2 Å². The van der Waals surface area contributed by atoms with Crippen LogP contribution < -0.4 is 10.2 Å². The molecule has 2 heterocycles. The maximum atomic E-state index is 9.08. The Balaban J connectivity index is 2.70. The summed E-state index contributed by atoms with van der Waals surface area (Å²) in [6.07, 6.45) is 3.41. The molecule has 0 radical (unpaired) electrons. The molecular formula is C9H11BN2O3. The number of nitrogens with zero attached hydrogens (tertiary/aromatic N) is 2. The molecule has 2 N–H and O–H groups in total. The summed E-state index contributed by atoms with van der Waals surface area (Å²) in [5.41, 5.74) is 1.88. The highest BCUT2D eigenvalue weighted by atomic mass is 16.5. The Morgan fingerprint density at radius 1 is 1.40 bits per heavy atom. The Morgan fingerprint density at radius 2 is 2.13 bits per heavy atom. The van der Waals surface area contributed by atoms with E-state index < -0.39 is 7.12 Å². The highest BCUT2D eigenvalue weighted by molar-refractivity contribution is 6.58. The molecule has 5 nitrogen and oxygen atoms in total. The first kappa shape index (κ1) is 10.0. The zero-order valence-electron chi connectivity index (χ0n) is 8.51. The van der Waals surface area contributed by atoms with E-state index in [0.29, 0.717) is 16.9 Å². The molecule has 0 atom stereocenters. The second-order valence-electron chi connectivity index (χ2n) is 3.33. The SMILES string of the molecule is COc1cc(B(O)O)cn2cc(C)nc12. The molecule has 0 unspecified atom stereocenters. The number of aromatic nitrogens is 2. The van der Waals surface area contributed by atoms with Crippen LogP contribution in [0.3, 0.4) is 0 Å². The first-order chi connectivity index (χ1) is 7.11. The molecule has 0 aliphatic heterocycles. The van der Waals surface area contributed by atoms with Gasteiger partial charge in [0.25, 0.3) is 0 Å². The fourth-order valence-electron chi connectivity index (χ4n) is 1.50. The van der Waals surface area contributed by atoms with Crippen molar-refractivity contribution in [3.8, 4) is 5.75 Å². The molecule has 0 saturated heterocycles. The predicted molar refractivity (Wildman–Crippen MR) is 56.3 cm³/mol. The van der Waals surface area contributed by atoms with E-state index in [0.717, 1.165) is 5.69 Å². The molecule has 0 amide bonds. The average molecular weight is 206 g/mol. The Bertz CT molecular complexity index is 495. The minimum Gasteiger partial charge on any atom is -0.493 e. The van der Waals surface area contributed by atoms with Crippen LogP contribution in [0.2, 0.25) is 0 Å². The van der Waals surface area contributed by atoms with E-state index in [4.69, 9.17) is 14.8 Å². The van der Waals surface area contributed by atoms with Gasteiger partial charge in [-0.3, -0.25) is 0 Å². The van der Waals surface area contributed by atoms with Gasteiger partial charge in [0, 0.05) is 17.9 Å². The molecule has 0 aliphatic rings. The van der Waals surface area contributed by atoms with Gasteiger partial charge >= 0.3 is 7.12 Å². The molecule has 0 aliphatic carbocycles. The van der Waals surface area contributed by atoms with E-state index in [1.807, 2.05) is 6.92 Å². The van der Waals surface area contributed by atoms with Crippen LogP contribution in [0.25, 0.3) is 5.65 Å². The van der Waals surface area contributed by atoms with E-state index in [2.05, 4.69) is 4.98 Å². The summed E-state index contributed by atoms with van der Waals surface area (Å²) in [4.78, 5) is 4.26. The van der Waals surface area contributed by atoms with Crippen LogP contribution in [0.5, 0.6) is 5.75 Å². The minimum atomic E-state index is -1.51. The third-order valence-electron chi connectivity index (χ3n) is 2.18. The molecule has 0 spiro atoms. The molecule has 78 valence electrons. The van der Waals surface area contributed by atoms with Gasteiger partial charge < -0.3 is 19.2 Å². The molecule has 0 fully saturated rings. The topological polar surface area (TPSA) is 67.0 Å². The molecule has 2 aromatic rings. The normalized spacial score (nSPS) is 10.7. The van der Waals surface area contributed by atoms with Gasteiger partial charge in [-0.1, -0.05) is 0 Å². The quantitative estimate of drug-likeness (QED) is 0.639. The van der Waals surface area contributed by atoms with E-state index in [1.165, 1.54) is 7.11 Å². The van der Waals surface area contributed by atoms with Crippen molar-refractivity contribution in [2.45, 2.75) is 6.92 Å². The van der Waals surface area contributed by atoms with Crippen LogP contribution in [0.15, 0.2) is 18.5 Å². The number of rotatable bonds is 2. The van der Waals surface area contributed by atoms with Gasteiger partial charge in [-0.15, -0.1) is 0 Å². The smallest absolute Gasteiger partial charge is 0.490 e. The Morgan fingerprint density at radius 3 is 2.73 bits per heavy atom. The molecule has 0 aromatic carbocycles. The van der Waals surface area contributed by atoms with Gasteiger partial charge in [0.1, 0.15) is 0 Å². The van der Waals surface area contributed by atoms with Crippen LogP contribution in [0.4, 0.5) is 0 Å². The van der Waals surface area contributed by atoms with E-state index in [1.54, 1.807) is 22.9 Å². The highest BCUT2D eigenvalue weighted by Gasteiger charge is 2.15. The lowest BCUT2D eigenvalue weighted by Crippen LogP contribution is -2.30. The van der Waals surface area contributed by atoms with Crippen molar-refractivity contribution in [1.29, 1.82) is 0 Å². The van der Waals surface area contributed by atoms with Crippen molar-refractivity contribution in [3.63, 3.8) is 0 Å². The van der Waals surface area contributed by atoms with E-state index >= 15 is 0 Å². The second-order valence-corrected chi connectivity index (χ2v) is 3.33. The molecule has 2 aromatic heterocycles. The van der Waals surface area contributed by atoms with Crippen LogP contribution in [-0.2, 0) is 0 Å². The van der Waals surface area contributed by atoms with Gasteiger partial charge in [0.05, 0.1) is 12.8 Å². The lowest BCUT2D eigenvalue weighted by Gasteiger charge is -2.05. The zero-order valence-corrected chi connectivity index (χ0v) is 8.51. The number of fused-ring (bicyclic) bond motifs is 1. The van der Waals surface area contributed by atoms with Gasteiger partial charge in [-0.25, -0.2) is 4.98 Å². The Labute approximate surface area is 87.1 Å². The van der Waals surface area contributed by atoms with Crippen molar-refractivity contribution < 1.29 is 14.8 Å². The van der Waals surface area contributed by atoms with E-state index in [9.17, 15) is 0 Å². The van der Waals surface area contributed by atoms with Crippen molar-refractivity contribution in [2.75, 3.05) is 7.11 Å². The number of hydrogen-bond donors (Lipinski definition) is 2. The maximum absolute atomic E-state index is 9.08. The van der Waals surface area contributed by atoms with Crippen LogP contribution >= 0.6 is 0 Å². The monoisotopic (exact) mass is 206 g/mol. The average Bonchev–Trinajstić information content (AvgIpc) is 2.56. The zero-order chi connectivity index (χ0) is 11.0. The maximum Gasteiger partial charge on any atom is 0.490 e. The fraction of sp³-hybridized carbons (Fsp3) is 0.222. The first-order valence-corrected chi connectivity index (χ1v) is 4.51. The lowest BCUT2D eigenvalue weighted by atomic mass is 9.81. The summed E-state index contributed by atoms with van der Waals surface area (Å²) in [5, 5.41) is 18.2. The number of methoxy groups -OCH3 is 1. The summed E-state index contributed by atoms with van der Waals surface area (Å²) in [6.45, 7) is 1.86. The summed E-state index contributed by atoms with van der Waals surface area (Å²) in [6, 6.07) is 1.56. The number of imidazole rings is 1. The predicted octanol–water partition coefficient (Wildman–Crippen LogP) is -0.669. The van der Waals surface area contributed by atoms with Crippen LogP contribution in [-0.4, -0.2) is 33.7 Å². The third-order valence-corrected chi connectivity index (χ3v) is 2.18. The van der Waals surface area contributed by atoms with Gasteiger partial charge in [0.15, 0.2) is 11.4 Å². The molecule has 2 rings (SSSR count). The Kier molecular flexibility index (Phi) is 2.38. The molecule has 0 saturated carbocycles. The standard InChI is InChI=1S/C9H11BN2O3/c1-6-4-12-5-7(10(13)14)3-8(15-2)9(12)11-6/h3-5,13-14H,1-2H3. The minimum absolute atomic E-state index is 0.372. The molecule has 15 heavy (non-hydrogen) atoms. The molecule has 0 bridgehead atoms. The largest absolute Gasteiger partial charge is 0.493 e. The fourth-order valence-corrected chi connectivity index (χ4v) is 1.50. The van der Waals surface area contributed by atoms with Crippen molar-refractivity contribution in [2.24, 2.45) is 0 Å². The first-order valence-electron chi connectivity index (χ1n) is 4.51. The van der Waals surface area contributed by atoms with Gasteiger partial charge in [-0.05, 0) is 13.0 Å². The molecular weight excluding hydrogens is 195 g/mol. The number of hydrogen-bond acceptors (Lipinski definition) is 4. The van der Waals surface area contributed by atoms with Crippen LogP contribution in [0, 0.1) is 6.92 Å². The van der Waals surface area contributed by atoms with E-state index in [-0.39, 0.29) is 0 Å². The highest BCUT2D eigenvalue weighted by Crippen LogP contribution is 2.17. The van der Waals surface area contributed by atoms with Crippen LogP contribution in [0.1, 0.15) is 5.69 Å². The molecule has 6 heteroatoms. The summed E-state index contributed by atoms with van der Waals surface area (Å²) < 4.78 is 6.84. The Hall–Kier alpha value is -1.53. The number of aryl methyl sites for hydroxylation is 1. The lowest BCUT2D eigenvalue weighted by molar-refractivity contribution is 0.413. The number of pyridine rings is 1. The summed E-state index contributed by atoms with van der Waals surface area (Å²) >= 11 is 0.